The van der Waals surface area contributed by atoms with Crippen molar-refractivity contribution in [2.75, 3.05) is 26.4 Å². The van der Waals surface area contributed by atoms with Crippen LogP contribution in [0.15, 0.2) is 35.5 Å². The molecule has 0 bridgehead atoms. The average Bonchev–Trinajstić information content (AvgIpc) is 3.32. The van der Waals surface area contributed by atoms with Gasteiger partial charge in [-0.1, -0.05) is 42.1 Å². The molecule has 8 heteroatoms. The SMILES string of the molecule is CN(C)[C@@H](CNC(=O)CSc1nnnn1C1CC1)c1ccccc1. The van der Waals surface area contributed by atoms with Crippen LogP contribution in [0, 0.1) is 0 Å². The van der Waals surface area contributed by atoms with E-state index in [0.29, 0.717) is 18.3 Å². The van der Waals surface area contributed by atoms with Crippen LogP contribution in [0.25, 0.3) is 0 Å². The van der Waals surface area contributed by atoms with E-state index in [9.17, 15) is 4.79 Å². The zero-order valence-corrected chi connectivity index (χ0v) is 14.7. The number of hydrogen-bond donors (Lipinski definition) is 1. The van der Waals surface area contributed by atoms with E-state index >= 15 is 0 Å². The number of amides is 1. The quantitative estimate of drug-likeness (QED) is 0.731. The molecule has 1 saturated carbocycles. The van der Waals surface area contributed by atoms with Crippen LogP contribution in [0.5, 0.6) is 0 Å². The summed E-state index contributed by atoms with van der Waals surface area (Å²) in [4.78, 5) is 14.3. The lowest BCUT2D eigenvalue weighted by molar-refractivity contribution is -0.118. The van der Waals surface area contributed by atoms with Crippen LogP contribution in [-0.4, -0.2) is 57.4 Å². The highest BCUT2D eigenvalue weighted by Crippen LogP contribution is 2.36. The van der Waals surface area contributed by atoms with Gasteiger partial charge in [0.15, 0.2) is 0 Å². The molecule has 2 aromatic rings. The smallest absolute Gasteiger partial charge is 0.230 e. The highest BCUT2D eigenvalue weighted by molar-refractivity contribution is 7.99. The van der Waals surface area contributed by atoms with E-state index in [4.69, 9.17) is 0 Å². The lowest BCUT2D eigenvalue weighted by atomic mass is 10.1. The van der Waals surface area contributed by atoms with Crippen molar-refractivity contribution < 1.29 is 4.79 Å². The molecule has 0 saturated heterocycles. The molecule has 1 N–H and O–H groups in total. The van der Waals surface area contributed by atoms with Crippen molar-refractivity contribution in [1.82, 2.24) is 30.4 Å². The van der Waals surface area contributed by atoms with E-state index in [-0.39, 0.29) is 11.9 Å². The number of thioether (sulfide) groups is 1. The third-order valence-corrected chi connectivity index (χ3v) is 4.92. The Labute approximate surface area is 145 Å². The largest absolute Gasteiger partial charge is 0.353 e. The number of benzene rings is 1. The highest BCUT2D eigenvalue weighted by atomic mass is 32.2. The van der Waals surface area contributed by atoms with Gasteiger partial charge in [-0.25, -0.2) is 4.68 Å². The number of rotatable bonds is 8. The molecular weight excluding hydrogens is 324 g/mol. The standard InChI is InChI=1S/C16H22N6OS/c1-21(2)14(12-6-4-3-5-7-12)10-17-15(23)11-24-16-18-19-20-22(16)13-8-9-13/h3-7,13-14H,8-11H2,1-2H3,(H,17,23)/t14-/m0/s1. The van der Waals surface area contributed by atoms with Crippen molar-refractivity contribution in [2.45, 2.75) is 30.1 Å². The molecule has 0 radical (unpaired) electrons. The summed E-state index contributed by atoms with van der Waals surface area (Å²) < 4.78 is 1.82. The number of nitrogens with zero attached hydrogens (tertiary/aromatic N) is 5. The van der Waals surface area contributed by atoms with Crippen LogP contribution in [0.4, 0.5) is 0 Å². The van der Waals surface area contributed by atoms with E-state index in [1.807, 2.05) is 37.0 Å². The molecule has 1 amide bonds. The van der Waals surface area contributed by atoms with Crippen LogP contribution in [0.3, 0.4) is 0 Å². The monoisotopic (exact) mass is 346 g/mol. The zero-order chi connectivity index (χ0) is 16.9. The zero-order valence-electron chi connectivity index (χ0n) is 13.9. The molecule has 1 aromatic heterocycles. The van der Waals surface area contributed by atoms with Gasteiger partial charge in [0.1, 0.15) is 0 Å². The lowest BCUT2D eigenvalue weighted by Gasteiger charge is -2.25. The topological polar surface area (TPSA) is 75.9 Å². The Morgan fingerprint density at radius 1 is 1.38 bits per heavy atom. The average molecular weight is 346 g/mol. The molecule has 1 fully saturated rings. The summed E-state index contributed by atoms with van der Waals surface area (Å²) in [7, 11) is 4.03. The number of hydrogen-bond acceptors (Lipinski definition) is 6. The fourth-order valence-electron chi connectivity index (χ4n) is 2.49. The van der Waals surface area contributed by atoms with Gasteiger partial charge in [-0.05, 0) is 42.9 Å². The predicted molar refractivity (Wildman–Crippen MR) is 92.7 cm³/mol. The number of nitrogens with one attached hydrogen (secondary N) is 1. The summed E-state index contributed by atoms with van der Waals surface area (Å²) in [6.45, 7) is 0.573. The van der Waals surface area contributed by atoms with E-state index in [0.717, 1.165) is 18.0 Å². The Morgan fingerprint density at radius 3 is 2.79 bits per heavy atom. The number of carbonyl (C=O) groups is 1. The van der Waals surface area contributed by atoms with Crippen LogP contribution in [-0.2, 0) is 4.79 Å². The summed E-state index contributed by atoms with van der Waals surface area (Å²) in [5.74, 6) is 0.315. The number of carbonyl (C=O) groups excluding carboxylic acids is 1. The first-order chi connectivity index (χ1) is 11.6. The van der Waals surface area contributed by atoms with Gasteiger partial charge in [-0.3, -0.25) is 4.79 Å². The van der Waals surface area contributed by atoms with E-state index in [1.54, 1.807) is 0 Å². The molecule has 7 nitrogen and oxygen atoms in total. The molecule has 0 spiro atoms. The van der Waals surface area contributed by atoms with Crippen LogP contribution >= 0.6 is 11.8 Å². The maximum Gasteiger partial charge on any atom is 0.230 e. The molecule has 3 rings (SSSR count). The third-order valence-electron chi connectivity index (χ3n) is 3.99. The molecule has 1 aliphatic rings. The van der Waals surface area contributed by atoms with Crippen molar-refractivity contribution in [3.63, 3.8) is 0 Å². The fourth-order valence-corrected chi connectivity index (χ4v) is 3.27. The fraction of sp³-hybridized carbons (Fsp3) is 0.500. The summed E-state index contributed by atoms with van der Waals surface area (Å²) in [6.07, 6.45) is 2.23. The lowest BCUT2D eigenvalue weighted by Crippen LogP contribution is -2.35. The first-order valence-corrected chi connectivity index (χ1v) is 9.02. The highest BCUT2D eigenvalue weighted by Gasteiger charge is 2.28. The molecule has 24 heavy (non-hydrogen) atoms. The van der Waals surface area contributed by atoms with Crippen LogP contribution in [0.1, 0.15) is 30.5 Å². The maximum absolute atomic E-state index is 12.2. The van der Waals surface area contributed by atoms with Crippen LogP contribution < -0.4 is 5.32 Å². The molecule has 1 aromatic carbocycles. The van der Waals surface area contributed by atoms with Gasteiger partial charge in [0.25, 0.3) is 0 Å². The maximum atomic E-state index is 12.2. The summed E-state index contributed by atoms with van der Waals surface area (Å²) in [5.41, 5.74) is 1.19. The minimum Gasteiger partial charge on any atom is -0.353 e. The second-order valence-corrected chi connectivity index (χ2v) is 7.06. The van der Waals surface area contributed by atoms with Gasteiger partial charge < -0.3 is 10.2 Å². The Kier molecular flexibility index (Phi) is 5.47. The van der Waals surface area contributed by atoms with Gasteiger partial charge >= 0.3 is 0 Å². The van der Waals surface area contributed by atoms with Crippen LogP contribution in [0.2, 0.25) is 0 Å². The van der Waals surface area contributed by atoms with Crippen molar-refractivity contribution >= 4 is 17.7 Å². The van der Waals surface area contributed by atoms with Crippen molar-refractivity contribution in [3.8, 4) is 0 Å². The first-order valence-electron chi connectivity index (χ1n) is 8.04. The Bertz CT molecular complexity index is 670. The van der Waals surface area contributed by atoms with E-state index in [2.05, 4.69) is 37.9 Å². The van der Waals surface area contributed by atoms with Crippen molar-refractivity contribution in [2.24, 2.45) is 0 Å². The normalized spacial score (nSPS) is 15.5. The molecule has 1 atom stereocenters. The van der Waals surface area contributed by atoms with Gasteiger partial charge in [0, 0.05) is 6.54 Å². The Morgan fingerprint density at radius 2 is 2.12 bits per heavy atom. The van der Waals surface area contributed by atoms with E-state index in [1.165, 1.54) is 17.3 Å². The molecule has 1 heterocycles. The van der Waals surface area contributed by atoms with Crippen molar-refractivity contribution in [1.29, 1.82) is 0 Å². The third kappa shape index (κ3) is 4.33. The van der Waals surface area contributed by atoms with Gasteiger partial charge in [0.05, 0.1) is 17.8 Å². The number of tetrazole rings is 1. The molecule has 128 valence electrons. The Balaban J connectivity index is 1.50. The summed E-state index contributed by atoms with van der Waals surface area (Å²) in [6, 6.07) is 10.8. The van der Waals surface area contributed by atoms with Gasteiger partial charge in [-0.15, -0.1) is 5.10 Å². The van der Waals surface area contributed by atoms with Gasteiger partial charge in [-0.2, -0.15) is 0 Å². The second kappa shape index (κ2) is 7.76. The summed E-state index contributed by atoms with van der Waals surface area (Å²) >= 11 is 1.39. The number of likely N-dealkylation sites (N-methyl/N-ethyl adjacent to an activating group) is 1. The minimum absolute atomic E-state index is 0.00636. The molecular formula is C16H22N6OS. The first kappa shape index (κ1) is 16.9. The molecule has 0 unspecified atom stereocenters. The molecule has 0 aliphatic heterocycles. The molecule has 1 aliphatic carbocycles. The Hall–Kier alpha value is -1.93. The van der Waals surface area contributed by atoms with Gasteiger partial charge in [0.2, 0.25) is 11.1 Å². The number of aromatic nitrogens is 4. The second-order valence-electron chi connectivity index (χ2n) is 6.12. The van der Waals surface area contributed by atoms with E-state index < -0.39 is 0 Å². The summed E-state index contributed by atoms with van der Waals surface area (Å²) in [5, 5.41) is 15.4. The minimum atomic E-state index is -0.00636. The van der Waals surface area contributed by atoms with Crippen molar-refractivity contribution in [3.05, 3.63) is 35.9 Å². The predicted octanol–water partition coefficient (Wildman–Crippen LogP) is 1.52.